The summed E-state index contributed by atoms with van der Waals surface area (Å²) >= 11 is 0. The van der Waals surface area contributed by atoms with Gasteiger partial charge in [0.05, 0.1) is 7.11 Å². The van der Waals surface area contributed by atoms with Gasteiger partial charge >= 0.3 is 5.63 Å². The second-order valence-electron chi connectivity index (χ2n) is 7.11. The maximum atomic E-state index is 12.9. The number of anilines is 1. The number of para-hydroxylation sites is 1. The van der Waals surface area contributed by atoms with E-state index in [9.17, 15) is 9.59 Å². The minimum Gasteiger partial charge on any atom is -0.493 e. The van der Waals surface area contributed by atoms with Gasteiger partial charge in [-0.2, -0.15) is 0 Å². The third kappa shape index (κ3) is 2.85. The van der Waals surface area contributed by atoms with Gasteiger partial charge in [0, 0.05) is 22.9 Å². The molecule has 0 saturated heterocycles. The number of hydrogen-bond donors (Lipinski definition) is 1. The van der Waals surface area contributed by atoms with Crippen LogP contribution in [0, 0.1) is 5.92 Å². The summed E-state index contributed by atoms with van der Waals surface area (Å²) in [5.41, 5.74) is 1.94. The molecule has 4 rings (SSSR count). The predicted octanol–water partition coefficient (Wildman–Crippen LogP) is 3.82. The molecule has 2 heterocycles. The fourth-order valence-electron chi connectivity index (χ4n) is 3.86. The summed E-state index contributed by atoms with van der Waals surface area (Å²) in [5.74, 6) is 1.13. The van der Waals surface area contributed by atoms with Crippen LogP contribution in [-0.2, 0) is 17.6 Å². The molecular weight excluding hydrogens is 344 g/mol. The maximum Gasteiger partial charge on any atom is 0.348 e. The van der Waals surface area contributed by atoms with Gasteiger partial charge < -0.3 is 14.5 Å². The van der Waals surface area contributed by atoms with Gasteiger partial charge in [0.2, 0.25) is 5.91 Å². The minimum atomic E-state index is -0.512. The quantitative estimate of drug-likeness (QED) is 0.563. The first-order valence-electron chi connectivity index (χ1n) is 9.28. The highest BCUT2D eigenvalue weighted by Gasteiger charge is 2.26. The van der Waals surface area contributed by atoms with Gasteiger partial charge in [0.15, 0.2) is 11.3 Å². The van der Waals surface area contributed by atoms with Crippen molar-refractivity contribution in [3.8, 4) is 5.75 Å². The van der Waals surface area contributed by atoms with Crippen molar-refractivity contribution in [3.05, 3.63) is 39.9 Å². The number of rotatable bonds is 3. The van der Waals surface area contributed by atoms with E-state index >= 15 is 0 Å². The molecule has 6 heteroatoms. The Hall–Kier alpha value is -2.89. The first-order valence-corrected chi connectivity index (χ1v) is 9.28. The zero-order chi connectivity index (χ0) is 19.1. The fraction of sp³-hybridized carbons (Fsp3) is 0.381. The SMILES string of the molecule is CCC(=O)Nc1nc2c(c3c1c(=O)oc1c(OC)cccc13)CC(C)CC2. The lowest BCUT2D eigenvalue weighted by Gasteiger charge is -2.24. The number of methoxy groups -OCH3 is 1. The molecule has 0 saturated carbocycles. The summed E-state index contributed by atoms with van der Waals surface area (Å²) < 4.78 is 11.0. The number of pyridine rings is 1. The monoisotopic (exact) mass is 366 g/mol. The summed E-state index contributed by atoms with van der Waals surface area (Å²) in [6.45, 7) is 3.97. The van der Waals surface area contributed by atoms with Crippen LogP contribution in [0.3, 0.4) is 0 Å². The Bertz CT molecular complexity index is 1120. The molecule has 1 amide bonds. The van der Waals surface area contributed by atoms with Gasteiger partial charge in [-0.15, -0.1) is 0 Å². The summed E-state index contributed by atoms with van der Waals surface area (Å²) in [6, 6.07) is 5.57. The van der Waals surface area contributed by atoms with Gasteiger partial charge in [0.25, 0.3) is 0 Å². The van der Waals surface area contributed by atoms with Crippen LogP contribution in [0.5, 0.6) is 5.75 Å². The van der Waals surface area contributed by atoms with E-state index in [-0.39, 0.29) is 5.91 Å². The molecule has 6 nitrogen and oxygen atoms in total. The summed E-state index contributed by atoms with van der Waals surface area (Å²) in [5, 5.41) is 4.76. The van der Waals surface area contributed by atoms with Crippen LogP contribution < -0.4 is 15.7 Å². The molecule has 1 aliphatic carbocycles. The zero-order valence-electron chi connectivity index (χ0n) is 15.7. The molecule has 1 aromatic carbocycles. The molecule has 0 spiro atoms. The third-order valence-electron chi connectivity index (χ3n) is 5.26. The number of benzene rings is 1. The van der Waals surface area contributed by atoms with Crippen molar-refractivity contribution in [1.82, 2.24) is 4.98 Å². The van der Waals surface area contributed by atoms with E-state index < -0.39 is 5.63 Å². The Balaban J connectivity index is 2.16. The molecular formula is C21H22N2O4. The van der Waals surface area contributed by atoms with Crippen molar-refractivity contribution >= 4 is 33.5 Å². The van der Waals surface area contributed by atoms with E-state index in [1.807, 2.05) is 12.1 Å². The number of carbonyl (C=O) groups is 1. The smallest absolute Gasteiger partial charge is 0.348 e. The van der Waals surface area contributed by atoms with Gasteiger partial charge in [-0.1, -0.05) is 26.0 Å². The van der Waals surface area contributed by atoms with Gasteiger partial charge in [-0.25, -0.2) is 9.78 Å². The number of fused-ring (bicyclic) bond motifs is 5. The lowest BCUT2D eigenvalue weighted by molar-refractivity contribution is -0.115. The molecule has 1 unspecified atom stereocenters. The number of hydrogen-bond acceptors (Lipinski definition) is 5. The van der Waals surface area contributed by atoms with Crippen LogP contribution >= 0.6 is 0 Å². The molecule has 27 heavy (non-hydrogen) atoms. The summed E-state index contributed by atoms with van der Waals surface area (Å²) in [4.78, 5) is 29.6. The van der Waals surface area contributed by atoms with Crippen LogP contribution in [0.2, 0.25) is 0 Å². The van der Waals surface area contributed by atoms with Gasteiger partial charge in [-0.3, -0.25) is 4.79 Å². The van der Waals surface area contributed by atoms with Gasteiger partial charge in [-0.05, 0) is 36.8 Å². The zero-order valence-corrected chi connectivity index (χ0v) is 15.7. The Kier molecular flexibility index (Phi) is 4.34. The Morgan fingerprint density at radius 1 is 1.37 bits per heavy atom. The molecule has 0 aliphatic heterocycles. The predicted molar refractivity (Wildman–Crippen MR) is 104 cm³/mol. The minimum absolute atomic E-state index is 0.182. The van der Waals surface area contributed by atoms with E-state index in [0.29, 0.717) is 34.9 Å². The van der Waals surface area contributed by atoms with Crippen molar-refractivity contribution in [3.63, 3.8) is 0 Å². The molecule has 1 atom stereocenters. The van der Waals surface area contributed by atoms with Crippen LogP contribution in [0.1, 0.15) is 37.9 Å². The molecule has 3 aromatic rings. The lowest BCUT2D eigenvalue weighted by Crippen LogP contribution is -2.20. The molecule has 1 N–H and O–H groups in total. The molecule has 2 aromatic heterocycles. The lowest BCUT2D eigenvalue weighted by atomic mass is 9.84. The number of ether oxygens (including phenoxy) is 1. The van der Waals surface area contributed by atoms with E-state index in [1.165, 1.54) is 0 Å². The van der Waals surface area contributed by atoms with E-state index in [2.05, 4.69) is 17.2 Å². The average molecular weight is 366 g/mol. The Morgan fingerprint density at radius 3 is 2.93 bits per heavy atom. The maximum absolute atomic E-state index is 12.9. The van der Waals surface area contributed by atoms with Crippen molar-refractivity contribution in [2.75, 3.05) is 12.4 Å². The largest absolute Gasteiger partial charge is 0.493 e. The topological polar surface area (TPSA) is 81.4 Å². The van der Waals surface area contributed by atoms with E-state index in [4.69, 9.17) is 9.15 Å². The van der Waals surface area contributed by atoms with E-state index in [1.54, 1.807) is 20.1 Å². The molecule has 0 fully saturated rings. The molecule has 0 radical (unpaired) electrons. The number of carbonyl (C=O) groups excluding carboxylic acids is 1. The third-order valence-corrected chi connectivity index (χ3v) is 5.26. The average Bonchev–Trinajstić information content (AvgIpc) is 2.67. The highest BCUT2D eigenvalue weighted by Crippen LogP contribution is 2.38. The number of nitrogens with one attached hydrogen (secondary N) is 1. The first-order chi connectivity index (χ1) is 13.0. The second-order valence-corrected chi connectivity index (χ2v) is 7.11. The van der Waals surface area contributed by atoms with Crippen LogP contribution in [0.15, 0.2) is 27.4 Å². The summed E-state index contributed by atoms with van der Waals surface area (Å²) in [7, 11) is 1.55. The molecule has 140 valence electrons. The normalized spacial score (nSPS) is 16.3. The number of nitrogens with zero attached hydrogens (tertiary/aromatic N) is 1. The van der Waals surface area contributed by atoms with Gasteiger partial charge in [0.1, 0.15) is 11.2 Å². The van der Waals surface area contributed by atoms with Crippen LogP contribution in [0.25, 0.3) is 21.7 Å². The van der Waals surface area contributed by atoms with Crippen molar-refractivity contribution in [1.29, 1.82) is 0 Å². The Labute approximate surface area is 156 Å². The number of aromatic nitrogens is 1. The van der Waals surface area contributed by atoms with Crippen LogP contribution in [-0.4, -0.2) is 18.0 Å². The number of amides is 1. The van der Waals surface area contributed by atoms with Crippen molar-refractivity contribution < 1.29 is 13.9 Å². The standard InChI is InChI=1S/C21H22N2O4/c1-4-16(24)23-20-18-17(13-10-11(2)8-9-14(13)22-20)12-6-5-7-15(26-3)19(12)27-21(18)25/h5-7,11H,4,8-10H2,1-3H3,(H,22,23,24). The van der Waals surface area contributed by atoms with Crippen LogP contribution in [0.4, 0.5) is 5.82 Å². The van der Waals surface area contributed by atoms with Crippen molar-refractivity contribution in [2.24, 2.45) is 5.92 Å². The molecule has 1 aliphatic rings. The highest BCUT2D eigenvalue weighted by molar-refractivity contribution is 6.12. The molecule has 0 bridgehead atoms. The summed E-state index contributed by atoms with van der Waals surface area (Å²) in [6.07, 6.45) is 3.02. The Morgan fingerprint density at radius 2 is 2.19 bits per heavy atom. The van der Waals surface area contributed by atoms with Crippen molar-refractivity contribution in [2.45, 2.75) is 39.5 Å². The highest BCUT2D eigenvalue weighted by atomic mass is 16.5. The fourth-order valence-corrected chi connectivity index (χ4v) is 3.86. The first kappa shape index (κ1) is 17.5. The number of aryl methyl sites for hydroxylation is 1. The second kappa shape index (κ2) is 6.68. The van der Waals surface area contributed by atoms with E-state index in [0.717, 1.165) is 41.3 Å².